The van der Waals surface area contributed by atoms with Crippen molar-refractivity contribution in [1.29, 1.82) is 0 Å². The van der Waals surface area contributed by atoms with Gasteiger partial charge in [0.05, 0.1) is 18.6 Å². The first kappa shape index (κ1) is 24.6. The minimum absolute atomic E-state index is 0.0954. The summed E-state index contributed by atoms with van der Waals surface area (Å²) in [6, 6.07) is 14.2. The molecule has 35 heavy (non-hydrogen) atoms. The summed E-state index contributed by atoms with van der Waals surface area (Å²) in [5.41, 5.74) is 6.26. The Kier molecular flexibility index (Phi) is 8.23. The zero-order valence-electron chi connectivity index (χ0n) is 20.0. The van der Waals surface area contributed by atoms with Crippen LogP contribution in [-0.2, 0) is 17.8 Å². The summed E-state index contributed by atoms with van der Waals surface area (Å²) in [6.07, 6.45) is 2.76. The fraction of sp³-hybridized carbons (Fsp3) is 0.385. The van der Waals surface area contributed by atoms with Crippen molar-refractivity contribution >= 4 is 22.6 Å². The fourth-order valence-corrected chi connectivity index (χ4v) is 4.14. The molecule has 1 fully saturated rings. The molecule has 0 radical (unpaired) electrons. The minimum Gasteiger partial charge on any atom is -0.379 e. The molecule has 1 aromatic heterocycles. The molecule has 0 unspecified atom stereocenters. The van der Waals surface area contributed by atoms with Gasteiger partial charge in [-0.3, -0.25) is 30.1 Å². The number of rotatable bonds is 8. The van der Waals surface area contributed by atoms with Crippen LogP contribution in [0.2, 0.25) is 0 Å². The molecule has 0 bridgehead atoms. The Morgan fingerprint density at radius 3 is 2.49 bits per heavy atom. The number of hydrogen-bond donors (Lipinski definition) is 2. The third-order valence-electron chi connectivity index (χ3n) is 6.04. The number of nitrogens with one attached hydrogen (secondary N) is 2. The number of hydrogen-bond acceptors (Lipinski definition) is 6. The Morgan fingerprint density at radius 2 is 1.71 bits per heavy atom. The number of morpholine rings is 1. The van der Waals surface area contributed by atoms with E-state index in [0.29, 0.717) is 36.1 Å². The van der Waals surface area contributed by atoms with Gasteiger partial charge in [-0.1, -0.05) is 50.1 Å². The molecular formula is C26H31N5O4. The number of benzene rings is 2. The van der Waals surface area contributed by atoms with E-state index < -0.39 is 11.8 Å². The lowest BCUT2D eigenvalue weighted by atomic mass is 10.1. The number of amides is 2. The molecule has 2 heterocycles. The second-order valence-electron chi connectivity index (χ2n) is 8.63. The van der Waals surface area contributed by atoms with E-state index in [-0.39, 0.29) is 11.3 Å². The monoisotopic (exact) mass is 477 g/mol. The molecule has 9 nitrogen and oxygen atoms in total. The topological polar surface area (TPSA) is 106 Å². The van der Waals surface area contributed by atoms with Crippen molar-refractivity contribution < 1.29 is 14.3 Å². The van der Waals surface area contributed by atoms with Crippen LogP contribution in [0.15, 0.2) is 53.3 Å². The van der Waals surface area contributed by atoms with E-state index in [1.54, 1.807) is 30.3 Å². The molecule has 2 N–H and O–H groups in total. The van der Waals surface area contributed by atoms with Crippen LogP contribution < -0.4 is 16.4 Å². The Bertz CT molecular complexity index is 1250. The van der Waals surface area contributed by atoms with Gasteiger partial charge in [-0.25, -0.2) is 4.68 Å². The maximum Gasteiger partial charge on any atom is 0.290 e. The van der Waals surface area contributed by atoms with Crippen LogP contribution >= 0.6 is 0 Å². The van der Waals surface area contributed by atoms with Crippen LogP contribution in [0.4, 0.5) is 0 Å². The summed E-state index contributed by atoms with van der Waals surface area (Å²) < 4.78 is 6.72. The predicted octanol–water partition coefficient (Wildman–Crippen LogP) is 2.49. The van der Waals surface area contributed by atoms with E-state index in [2.05, 4.69) is 27.8 Å². The quantitative estimate of drug-likeness (QED) is 0.382. The van der Waals surface area contributed by atoms with Gasteiger partial charge in [0, 0.05) is 37.1 Å². The molecule has 2 amide bonds. The van der Waals surface area contributed by atoms with Gasteiger partial charge in [-0.15, -0.1) is 0 Å². The Hall–Kier alpha value is -3.56. The summed E-state index contributed by atoms with van der Waals surface area (Å²) in [4.78, 5) is 40.8. The van der Waals surface area contributed by atoms with Gasteiger partial charge < -0.3 is 4.74 Å². The van der Waals surface area contributed by atoms with Gasteiger partial charge in [0.1, 0.15) is 0 Å². The highest BCUT2D eigenvalue weighted by atomic mass is 16.5. The van der Waals surface area contributed by atoms with Gasteiger partial charge in [0.2, 0.25) is 0 Å². The first-order valence-corrected chi connectivity index (χ1v) is 12.1. The number of nitrogens with zero attached hydrogens (tertiary/aromatic N) is 3. The van der Waals surface area contributed by atoms with Crippen LogP contribution in [0, 0.1) is 0 Å². The van der Waals surface area contributed by atoms with E-state index >= 15 is 0 Å². The van der Waals surface area contributed by atoms with Crippen molar-refractivity contribution in [2.75, 3.05) is 26.3 Å². The smallest absolute Gasteiger partial charge is 0.290 e. The molecule has 1 aliphatic heterocycles. The summed E-state index contributed by atoms with van der Waals surface area (Å²) in [6.45, 7) is 6.37. The minimum atomic E-state index is -0.580. The molecule has 4 rings (SSSR count). The first-order chi connectivity index (χ1) is 17.1. The molecule has 0 aliphatic carbocycles. The highest BCUT2D eigenvalue weighted by molar-refractivity contribution is 6.06. The van der Waals surface area contributed by atoms with Gasteiger partial charge in [0.25, 0.3) is 17.4 Å². The average Bonchev–Trinajstić information content (AvgIpc) is 2.89. The zero-order valence-corrected chi connectivity index (χ0v) is 20.0. The maximum atomic E-state index is 13.0. The second kappa shape index (κ2) is 11.7. The largest absolute Gasteiger partial charge is 0.379 e. The lowest BCUT2D eigenvalue weighted by molar-refractivity contribution is 0.0342. The summed E-state index contributed by atoms with van der Waals surface area (Å²) in [5, 5.41) is 5.20. The van der Waals surface area contributed by atoms with E-state index in [4.69, 9.17) is 4.74 Å². The molecular weight excluding hydrogens is 446 g/mol. The van der Waals surface area contributed by atoms with Gasteiger partial charge in [-0.05, 0) is 30.2 Å². The standard InChI is InChI=1S/C26H31N5O4/c1-2-3-6-12-31-26(34)22-11-5-4-10-21(22)23(29-31)25(33)28-27-24(32)20-9-7-8-19(17-20)18-30-13-15-35-16-14-30/h4-5,7-11,17H,2-3,6,12-16,18H2,1H3,(H,27,32)(H,28,33). The Labute approximate surface area is 204 Å². The molecule has 9 heteroatoms. The number of fused-ring (bicyclic) bond motifs is 1. The van der Waals surface area contributed by atoms with Gasteiger partial charge in [-0.2, -0.15) is 5.10 Å². The van der Waals surface area contributed by atoms with Crippen molar-refractivity contribution in [3.8, 4) is 0 Å². The zero-order chi connectivity index (χ0) is 24.6. The third kappa shape index (κ3) is 6.12. The van der Waals surface area contributed by atoms with E-state index in [0.717, 1.165) is 44.5 Å². The highest BCUT2D eigenvalue weighted by Gasteiger charge is 2.18. The van der Waals surface area contributed by atoms with Crippen molar-refractivity contribution in [2.45, 2.75) is 39.3 Å². The number of aryl methyl sites for hydroxylation is 1. The number of unbranched alkanes of at least 4 members (excludes halogenated alkanes) is 2. The number of carbonyl (C=O) groups is 2. The number of aromatic nitrogens is 2. The van der Waals surface area contributed by atoms with Crippen molar-refractivity contribution in [2.24, 2.45) is 0 Å². The molecule has 0 atom stereocenters. The Balaban J connectivity index is 1.46. The number of carbonyl (C=O) groups excluding carboxylic acids is 2. The number of hydrazine groups is 1. The summed E-state index contributed by atoms with van der Waals surface area (Å²) >= 11 is 0. The van der Waals surface area contributed by atoms with Crippen LogP contribution in [-0.4, -0.2) is 52.8 Å². The summed E-state index contributed by atoms with van der Waals surface area (Å²) in [7, 11) is 0. The van der Waals surface area contributed by atoms with E-state index in [9.17, 15) is 14.4 Å². The predicted molar refractivity (Wildman–Crippen MR) is 133 cm³/mol. The lowest BCUT2D eigenvalue weighted by Gasteiger charge is -2.26. The van der Waals surface area contributed by atoms with E-state index in [1.165, 1.54) is 4.68 Å². The van der Waals surface area contributed by atoms with Crippen LogP contribution in [0.25, 0.3) is 10.8 Å². The third-order valence-corrected chi connectivity index (χ3v) is 6.04. The molecule has 0 spiro atoms. The first-order valence-electron chi connectivity index (χ1n) is 12.1. The molecule has 184 valence electrons. The molecule has 1 aliphatic rings. The maximum absolute atomic E-state index is 13.0. The second-order valence-corrected chi connectivity index (χ2v) is 8.63. The van der Waals surface area contributed by atoms with Crippen LogP contribution in [0.5, 0.6) is 0 Å². The SMILES string of the molecule is CCCCCn1nc(C(=O)NNC(=O)c2cccc(CN3CCOCC3)c2)c2ccccc2c1=O. The molecule has 0 saturated carbocycles. The molecule has 2 aromatic carbocycles. The molecule has 3 aromatic rings. The van der Waals surface area contributed by atoms with Gasteiger partial charge >= 0.3 is 0 Å². The highest BCUT2D eigenvalue weighted by Crippen LogP contribution is 2.14. The van der Waals surface area contributed by atoms with Gasteiger partial charge in [0.15, 0.2) is 5.69 Å². The number of ether oxygens (including phenoxy) is 1. The normalized spacial score (nSPS) is 14.1. The van der Waals surface area contributed by atoms with E-state index in [1.807, 2.05) is 18.2 Å². The van der Waals surface area contributed by atoms with Crippen molar-refractivity contribution in [3.63, 3.8) is 0 Å². The van der Waals surface area contributed by atoms with Crippen LogP contribution in [0.1, 0.15) is 52.6 Å². The van der Waals surface area contributed by atoms with Crippen LogP contribution in [0.3, 0.4) is 0 Å². The lowest BCUT2D eigenvalue weighted by Crippen LogP contribution is -2.43. The molecule has 1 saturated heterocycles. The average molecular weight is 478 g/mol. The van der Waals surface area contributed by atoms with Crippen molar-refractivity contribution in [3.05, 3.63) is 75.7 Å². The fourth-order valence-electron chi connectivity index (χ4n) is 4.14. The Morgan fingerprint density at radius 1 is 0.971 bits per heavy atom. The van der Waals surface area contributed by atoms with Crippen molar-refractivity contribution in [1.82, 2.24) is 25.5 Å². The summed E-state index contributed by atoms with van der Waals surface area (Å²) in [5.74, 6) is -1.01.